The molecule has 2 aliphatic rings. The first-order chi connectivity index (χ1) is 9.34. The van der Waals surface area contributed by atoms with Gasteiger partial charge in [-0.15, -0.1) is 0 Å². The van der Waals surface area contributed by atoms with Crippen molar-refractivity contribution in [2.24, 2.45) is 0 Å². The molecule has 2 aromatic carbocycles. The lowest BCUT2D eigenvalue weighted by Gasteiger charge is -2.34. The number of nitrogens with zero attached hydrogens (tertiary/aromatic N) is 1. The van der Waals surface area contributed by atoms with Crippen molar-refractivity contribution in [3.05, 3.63) is 53.6 Å². The van der Waals surface area contributed by atoms with Crippen molar-refractivity contribution in [1.29, 1.82) is 0 Å². The molecular weight excluding hydrogens is 234 g/mol. The lowest BCUT2D eigenvalue weighted by atomic mass is 9.89. The third kappa shape index (κ3) is 1.53. The third-order valence-electron chi connectivity index (χ3n) is 4.19. The highest BCUT2D eigenvalue weighted by molar-refractivity contribution is 5.96. The van der Waals surface area contributed by atoms with Crippen molar-refractivity contribution in [2.75, 3.05) is 6.54 Å². The van der Waals surface area contributed by atoms with E-state index in [-0.39, 0.29) is 5.91 Å². The summed E-state index contributed by atoms with van der Waals surface area (Å²) < 4.78 is 0. The Morgan fingerprint density at radius 1 is 1.00 bits per heavy atom. The molecule has 4 rings (SSSR count). The Hall–Kier alpha value is -2.09. The van der Waals surface area contributed by atoms with E-state index in [4.69, 9.17) is 0 Å². The van der Waals surface area contributed by atoms with Gasteiger partial charge in [-0.2, -0.15) is 0 Å². The number of hydrogen-bond donors (Lipinski definition) is 0. The molecule has 0 unspecified atom stereocenters. The number of fused-ring (bicyclic) bond motifs is 5. The van der Waals surface area contributed by atoms with Gasteiger partial charge in [0.1, 0.15) is 0 Å². The number of amides is 1. The van der Waals surface area contributed by atoms with Crippen LogP contribution in [0.15, 0.2) is 42.5 Å². The summed E-state index contributed by atoms with van der Waals surface area (Å²) in [5.41, 5.74) is 3.77. The summed E-state index contributed by atoms with van der Waals surface area (Å²) in [6, 6.07) is 12.9. The van der Waals surface area contributed by atoms with E-state index in [1.807, 2.05) is 4.90 Å². The summed E-state index contributed by atoms with van der Waals surface area (Å²) in [4.78, 5) is 13.9. The Morgan fingerprint density at radius 2 is 1.89 bits per heavy atom. The number of hydrogen-bond acceptors (Lipinski definition) is 1. The molecule has 94 valence electrons. The molecule has 2 nitrogen and oxygen atoms in total. The fraction of sp³-hybridized carbons (Fsp3) is 0.235. The van der Waals surface area contributed by atoms with Crippen LogP contribution in [0.4, 0.5) is 0 Å². The highest BCUT2D eigenvalue weighted by Gasteiger charge is 2.28. The molecule has 2 aromatic rings. The van der Waals surface area contributed by atoms with E-state index in [1.165, 1.54) is 21.9 Å². The van der Waals surface area contributed by atoms with Gasteiger partial charge in [0.25, 0.3) is 0 Å². The number of benzene rings is 2. The minimum atomic E-state index is 0.274. The molecule has 0 spiro atoms. The van der Waals surface area contributed by atoms with Crippen LogP contribution in [0.2, 0.25) is 0 Å². The Balaban J connectivity index is 1.98. The van der Waals surface area contributed by atoms with Gasteiger partial charge in [-0.25, -0.2) is 0 Å². The van der Waals surface area contributed by atoms with E-state index in [2.05, 4.69) is 42.5 Å². The van der Waals surface area contributed by atoms with Gasteiger partial charge in [0.15, 0.2) is 0 Å². The van der Waals surface area contributed by atoms with Crippen LogP contribution in [-0.4, -0.2) is 17.4 Å². The first-order valence-electron chi connectivity index (χ1n) is 6.86. The van der Waals surface area contributed by atoms with Gasteiger partial charge in [-0.1, -0.05) is 42.5 Å². The minimum Gasteiger partial charge on any atom is -0.312 e. The second kappa shape index (κ2) is 3.95. The topological polar surface area (TPSA) is 20.3 Å². The molecule has 2 heterocycles. The van der Waals surface area contributed by atoms with Crippen LogP contribution in [0, 0.1) is 0 Å². The number of rotatable bonds is 0. The molecule has 0 N–H and O–H groups in total. The van der Waals surface area contributed by atoms with E-state index in [9.17, 15) is 4.79 Å². The molecule has 0 radical (unpaired) electrons. The predicted octanol–water partition coefficient (Wildman–Crippen LogP) is 3.36. The van der Waals surface area contributed by atoms with Gasteiger partial charge >= 0.3 is 0 Å². The average Bonchev–Trinajstić information content (AvgIpc) is 2.47. The maximum atomic E-state index is 12.0. The van der Waals surface area contributed by atoms with Gasteiger partial charge < -0.3 is 4.90 Å². The van der Waals surface area contributed by atoms with Crippen molar-refractivity contribution >= 4 is 22.4 Å². The SMILES string of the molecule is O=C1CCC=C2c3ccc4ccccc4c3CCN12. The molecule has 0 fully saturated rings. The summed E-state index contributed by atoms with van der Waals surface area (Å²) in [7, 11) is 0. The van der Waals surface area contributed by atoms with Gasteiger partial charge in [-0.05, 0) is 29.2 Å². The Bertz CT molecular complexity index is 714. The Labute approximate surface area is 112 Å². The normalized spacial score (nSPS) is 18.0. The molecule has 0 aromatic heterocycles. The van der Waals surface area contributed by atoms with Crippen molar-refractivity contribution < 1.29 is 4.79 Å². The maximum Gasteiger partial charge on any atom is 0.227 e. The van der Waals surface area contributed by atoms with Gasteiger partial charge in [0.05, 0.1) is 0 Å². The van der Waals surface area contributed by atoms with Crippen LogP contribution in [0.1, 0.15) is 24.0 Å². The lowest BCUT2D eigenvalue weighted by molar-refractivity contribution is -0.128. The molecule has 0 saturated heterocycles. The van der Waals surface area contributed by atoms with Crippen molar-refractivity contribution in [2.45, 2.75) is 19.3 Å². The summed E-state index contributed by atoms with van der Waals surface area (Å²) in [5, 5.41) is 2.62. The number of carbonyl (C=O) groups is 1. The Kier molecular flexibility index (Phi) is 2.25. The fourth-order valence-electron chi connectivity index (χ4n) is 3.28. The van der Waals surface area contributed by atoms with Crippen molar-refractivity contribution in [3.63, 3.8) is 0 Å². The van der Waals surface area contributed by atoms with Crippen LogP contribution >= 0.6 is 0 Å². The molecule has 2 heteroatoms. The fourth-order valence-corrected chi connectivity index (χ4v) is 3.28. The van der Waals surface area contributed by atoms with Crippen LogP contribution in [0.5, 0.6) is 0 Å². The second-order valence-electron chi connectivity index (χ2n) is 5.24. The van der Waals surface area contributed by atoms with Gasteiger partial charge in [0, 0.05) is 24.2 Å². The van der Waals surface area contributed by atoms with E-state index in [0.717, 1.165) is 25.1 Å². The molecule has 1 amide bonds. The maximum absolute atomic E-state index is 12.0. The van der Waals surface area contributed by atoms with E-state index < -0.39 is 0 Å². The molecule has 0 bridgehead atoms. The molecule has 0 saturated carbocycles. The number of allylic oxidation sites excluding steroid dienone is 1. The molecule has 19 heavy (non-hydrogen) atoms. The van der Waals surface area contributed by atoms with E-state index >= 15 is 0 Å². The highest BCUT2D eigenvalue weighted by Crippen LogP contribution is 2.36. The zero-order chi connectivity index (χ0) is 12.8. The van der Waals surface area contributed by atoms with E-state index in [1.54, 1.807) is 0 Å². The lowest BCUT2D eigenvalue weighted by Crippen LogP contribution is -2.36. The smallest absolute Gasteiger partial charge is 0.227 e. The minimum absolute atomic E-state index is 0.274. The van der Waals surface area contributed by atoms with Crippen molar-refractivity contribution in [1.82, 2.24) is 4.90 Å². The predicted molar refractivity (Wildman–Crippen MR) is 76.6 cm³/mol. The Morgan fingerprint density at radius 3 is 2.84 bits per heavy atom. The first-order valence-corrected chi connectivity index (χ1v) is 6.86. The number of carbonyl (C=O) groups excluding carboxylic acids is 1. The third-order valence-corrected chi connectivity index (χ3v) is 4.19. The van der Waals surface area contributed by atoms with E-state index in [0.29, 0.717) is 6.42 Å². The molecule has 0 atom stereocenters. The summed E-state index contributed by atoms with van der Waals surface area (Å²) in [5.74, 6) is 0.274. The average molecular weight is 249 g/mol. The molecular formula is C17H15NO. The largest absolute Gasteiger partial charge is 0.312 e. The zero-order valence-corrected chi connectivity index (χ0v) is 10.7. The highest BCUT2D eigenvalue weighted by atomic mass is 16.2. The van der Waals surface area contributed by atoms with Gasteiger partial charge in [0.2, 0.25) is 5.91 Å². The second-order valence-corrected chi connectivity index (χ2v) is 5.24. The van der Waals surface area contributed by atoms with Crippen LogP contribution < -0.4 is 0 Å². The quantitative estimate of drug-likeness (QED) is 0.701. The van der Waals surface area contributed by atoms with Crippen LogP contribution in [0.3, 0.4) is 0 Å². The van der Waals surface area contributed by atoms with Crippen LogP contribution in [0.25, 0.3) is 16.5 Å². The molecule has 0 aliphatic carbocycles. The van der Waals surface area contributed by atoms with Crippen molar-refractivity contribution in [3.8, 4) is 0 Å². The summed E-state index contributed by atoms with van der Waals surface area (Å²) in [6.07, 6.45) is 4.71. The van der Waals surface area contributed by atoms with Crippen LogP contribution in [-0.2, 0) is 11.2 Å². The first kappa shape index (κ1) is 10.8. The summed E-state index contributed by atoms with van der Waals surface area (Å²) >= 11 is 0. The van der Waals surface area contributed by atoms with Gasteiger partial charge in [-0.3, -0.25) is 4.79 Å². The standard InChI is InChI=1S/C17H15NO/c19-17-7-3-6-16-15-9-8-12-4-1-2-5-13(12)14(15)10-11-18(16)17/h1-2,4-6,8-9H,3,7,10-11H2. The zero-order valence-electron chi connectivity index (χ0n) is 10.7. The monoisotopic (exact) mass is 249 g/mol. The summed E-state index contributed by atoms with van der Waals surface area (Å²) in [6.45, 7) is 0.825. The molecule has 2 aliphatic heterocycles.